The molecule has 0 saturated heterocycles. The minimum atomic E-state index is -0.219. The number of nitrogens with one attached hydrogen (secondary N) is 1. The molecule has 4 rings (SSSR count). The molecule has 1 amide bonds. The second-order valence-electron chi connectivity index (χ2n) is 5.55. The van der Waals surface area contributed by atoms with Gasteiger partial charge in [-0.25, -0.2) is 4.98 Å². The minimum absolute atomic E-state index is 0.219. The van der Waals surface area contributed by atoms with Crippen molar-refractivity contribution in [2.45, 2.75) is 0 Å². The largest absolute Gasteiger partial charge is 0.497 e. The number of hydrogen-bond donors (Lipinski definition) is 1. The van der Waals surface area contributed by atoms with Crippen molar-refractivity contribution in [2.75, 3.05) is 25.6 Å². The molecular formula is C19H16N2O4S. The molecule has 0 bridgehead atoms. The van der Waals surface area contributed by atoms with Crippen LogP contribution in [0.3, 0.4) is 0 Å². The summed E-state index contributed by atoms with van der Waals surface area (Å²) in [4.78, 5) is 16.9. The fourth-order valence-electron chi connectivity index (χ4n) is 2.64. The lowest BCUT2D eigenvalue weighted by Crippen LogP contribution is -2.15. The highest BCUT2D eigenvalue weighted by atomic mass is 32.1. The molecule has 0 radical (unpaired) electrons. The molecule has 7 heteroatoms. The minimum Gasteiger partial charge on any atom is -0.497 e. The second kappa shape index (κ2) is 7.05. The first-order chi connectivity index (χ1) is 12.7. The van der Waals surface area contributed by atoms with Crippen molar-refractivity contribution < 1.29 is 19.0 Å². The fourth-order valence-corrected chi connectivity index (χ4v) is 3.35. The monoisotopic (exact) mass is 368 g/mol. The SMILES string of the molecule is COc1ccc(C(=O)Nc2nc(-c3cccc4c3OCCO4)cs2)cc1. The fraction of sp³-hybridized carbons (Fsp3) is 0.158. The summed E-state index contributed by atoms with van der Waals surface area (Å²) in [6.45, 7) is 1.05. The van der Waals surface area contributed by atoms with E-state index in [9.17, 15) is 4.79 Å². The number of anilines is 1. The quantitative estimate of drug-likeness (QED) is 0.758. The van der Waals surface area contributed by atoms with Crippen molar-refractivity contribution >= 4 is 22.4 Å². The molecule has 0 saturated carbocycles. The molecule has 1 aliphatic rings. The Morgan fingerprint density at radius 3 is 2.77 bits per heavy atom. The van der Waals surface area contributed by atoms with Crippen LogP contribution in [0.1, 0.15) is 10.4 Å². The van der Waals surface area contributed by atoms with Gasteiger partial charge in [0.05, 0.1) is 12.8 Å². The lowest BCUT2D eigenvalue weighted by molar-refractivity contribution is 0.102. The van der Waals surface area contributed by atoms with Crippen LogP contribution in [0.4, 0.5) is 5.13 Å². The Bertz CT molecular complexity index is 937. The van der Waals surface area contributed by atoms with E-state index in [2.05, 4.69) is 10.3 Å². The number of hydrogen-bond acceptors (Lipinski definition) is 6. The van der Waals surface area contributed by atoms with Crippen LogP contribution in [0.5, 0.6) is 17.2 Å². The number of fused-ring (bicyclic) bond motifs is 1. The summed E-state index contributed by atoms with van der Waals surface area (Å²) >= 11 is 1.36. The van der Waals surface area contributed by atoms with Gasteiger partial charge in [-0.2, -0.15) is 0 Å². The Kier molecular flexibility index (Phi) is 4.45. The third-order valence-electron chi connectivity index (χ3n) is 3.92. The predicted octanol–water partition coefficient (Wildman–Crippen LogP) is 3.84. The lowest BCUT2D eigenvalue weighted by Gasteiger charge is -2.20. The summed E-state index contributed by atoms with van der Waals surface area (Å²) in [5, 5.41) is 5.23. The summed E-state index contributed by atoms with van der Waals surface area (Å²) in [6.07, 6.45) is 0. The Balaban J connectivity index is 1.54. The zero-order valence-electron chi connectivity index (χ0n) is 14.0. The van der Waals surface area contributed by atoms with Crippen LogP contribution >= 0.6 is 11.3 Å². The van der Waals surface area contributed by atoms with Crippen molar-refractivity contribution in [2.24, 2.45) is 0 Å². The van der Waals surface area contributed by atoms with E-state index in [0.29, 0.717) is 41.2 Å². The average Bonchev–Trinajstić information content (AvgIpc) is 3.15. The Morgan fingerprint density at radius 1 is 1.15 bits per heavy atom. The molecule has 1 aliphatic heterocycles. The lowest BCUT2D eigenvalue weighted by atomic mass is 10.1. The Hall–Kier alpha value is -3.06. The van der Waals surface area contributed by atoms with E-state index in [1.165, 1.54) is 11.3 Å². The zero-order valence-corrected chi connectivity index (χ0v) is 14.8. The van der Waals surface area contributed by atoms with Gasteiger partial charge in [0.1, 0.15) is 19.0 Å². The first-order valence-corrected chi connectivity index (χ1v) is 8.92. The number of amides is 1. The molecule has 0 fully saturated rings. The van der Waals surface area contributed by atoms with Gasteiger partial charge in [-0.15, -0.1) is 11.3 Å². The van der Waals surface area contributed by atoms with Crippen LogP contribution < -0.4 is 19.5 Å². The van der Waals surface area contributed by atoms with Crippen molar-refractivity contribution in [3.63, 3.8) is 0 Å². The molecule has 6 nitrogen and oxygen atoms in total. The van der Waals surface area contributed by atoms with Gasteiger partial charge in [-0.3, -0.25) is 10.1 Å². The summed E-state index contributed by atoms with van der Waals surface area (Å²) in [7, 11) is 1.59. The third-order valence-corrected chi connectivity index (χ3v) is 4.68. The van der Waals surface area contributed by atoms with Gasteiger partial charge in [0.25, 0.3) is 5.91 Å². The summed E-state index contributed by atoms with van der Waals surface area (Å²) in [5.41, 5.74) is 2.13. The van der Waals surface area contributed by atoms with E-state index in [1.54, 1.807) is 31.4 Å². The summed E-state index contributed by atoms with van der Waals surface area (Å²) < 4.78 is 16.4. The highest BCUT2D eigenvalue weighted by molar-refractivity contribution is 7.14. The first-order valence-electron chi connectivity index (χ1n) is 8.04. The van der Waals surface area contributed by atoms with Gasteiger partial charge >= 0.3 is 0 Å². The van der Waals surface area contributed by atoms with Crippen LogP contribution in [0.2, 0.25) is 0 Å². The number of aromatic nitrogens is 1. The predicted molar refractivity (Wildman–Crippen MR) is 99.5 cm³/mol. The maximum atomic E-state index is 12.4. The van der Waals surface area contributed by atoms with Crippen LogP contribution in [-0.4, -0.2) is 31.2 Å². The smallest absolute Gasteiger partial charge is 0.257 e. The van der Waals surface area contributed by atoms with Gasteiger partial charge in [0.2, 0.25) is 0 Å². The molecular weight excluding hydrogens is 352 g/mol. The van der Waals surface area contributed by atoms with Crippen LogP contribution in [-0.2, 0) is 0 Å². The molecule has 2 aromatic carbocycles. The number of carbonyl (C=O) groups is 1. The Morgan fingerprint density at radius 2 is 1.96 bits per heavy atom. The zero-order chi connectivity index (χ0) is 17.9. The first kappa shape index (κ1) is 16.4. The average molecular weight is 368 g/mol. The van der Waals surface area contributed by atoms with Crippen LogP contribution in [0.15, 0.2) is 47.8 Å². The van der Waals surface area contributed by atoms with Crippen LogP contribution in [0.25, 0.3) is 11.3 Å². The van der Waals surface area contributed by atoms with E-state index < -0.39 is 0 Å². The summed E-state index contributed by atoms with van der Waals surface area (Å²) in [5.74, 6) is 1.89. The molecule has 0 aliphatic carbocycles. The number of methoxy groups -OCH3 is 1. The third kappa shape index (κ3) is 3.21. The number of benzene rings is 2. The molecule has 0 unspecified atom stereocenters. The topological polar surface area (TPSA) is 69.7 Å². The van der Waals surface area contributed by atoms with Crippen molar-refractivity contribution in [3.05, 3.63) is 53.4 Å². The van der Waals surface area contributed by atoms with Crippen molar-refractivity contribution in [1.29, 1.82) is 0 Å². The van der Waals surface area contributed by atoms with E-state index in [1.807, 2.05) is 23.6 Å². The molecule has 0 atom stereocenters. The van der Waals surface area contributed by atoms with E-state index in [4.69, 9.17) is 14.2 Å². The second-order valence-corrected chi connectivity index (χ2v) is 6.41. The number of rotatable bonds is 4. The van der Waals surface area contributed by atoms with Gasteiger partial charge in [-0.05, 0) is 36.4 Å². The van der Waals surface area contributed by atoms with E-state index >= 15 is 0 Å². The molecule has 26 heavy (non-hydrogen) atoms. The molecule has 0 spiro atoms. The van der Waals surface area contributed by atoms with Gasteiger partial charge in [0, 0.05) is 16.5 Å². The van der Waals surface area contributed by atoms with Gasteiger partial charge < -0.3 is 14.2 Å². The van der Waals surface area contributed by atoms with Gasteiger partial charge in [-0.1, -0.05) is 6.07 Å². The number of ether oxygens (including phenoxy) is 3. The number of thiazole rings is 1. The normalized spacial score (nSPS) is 12.5. The number of carbonyl (C=O) groups excluding carboxylic acids is 1. The standard InChI is InChI=1S/C19H16N2O4S/c1-23-13-7-5-12(6-8-13)18(22)21-19-20-15(11-26-19)14-3-2-4-16-17(14)25-10-9-24-16/h2-8,11H,9-10H2,1H3,(H,20,21,22). The molecule has 2 heterocycles. The molecule has 3 aromatic rings. The van der Waals surface area contributed by atoms with E-state index in [-0.39, 0.29) is 5.91 Å². The molecule has 1 aromatic heterocycles. The Labute approximate surface area is 154 Å². The highest BCUT2D eigenvalue weighted by Gasteiger charge is 2.19. The number of para-hydroxylation sites is 1. The molecule has 132 valence electrons. The van der Waals surface area contributed by atoms with E-state index in [0.717, 1.165) is 11.3 Å². The summed E-state index contributed by atoms with van der Waals surface area (Å²) in [6, 6.07) is 12.6. The van der Waals surface area contributed by atoms with Crippen LogP contribution in [0, 0.1) is 0 Å². The number of nitrogens with zero attached hydrogens (tertiary/aromatic N) is 1. The van der Waals surface area contributed by atoms with Gasteiger partial charge in [0.15, 0.2) is 16.6 Å². The maximum Gasteiger partial charge on any atom is 0.257 e. The molecule has 1 N–H and O–H groups in total. The van der Waals surface area contributed by atoms with Crippen molar-refractivity contribution in [3.8, 4) is 28.5 Å². The maximum absolute atomic E-state index is 12.4. The highest BCUT2D eigenvalue weighted by Crippen LogP contribution is 2.40. The van der Waals surface area contributed by atoms with Crippen molar-refractivity contribution in [1.82, 2.24) is 4.98 Å².